The molecule has 1 nitrogen and oxygen atoms in total. The zero-order valence-corrected chi connectivity index (χ0v) is 9.75. The second-order valence-electron chi connectivity index (χ2n) is 3.31. The molecule has 0 radical (unpaired) electrons. The van der Waals surface area contributed by atoms with Crippen molar-refractivity contribution in [1.29, 1.82) is 0 Å². The van der Waals surface area contributed by atoms with E-state index in [1.165, 1.54) is 6.07 Å². The molecule has 2 aromatic rings. The van der Waals surface area contributed by atoms with Crippen molar-refractivity contribution in [2.24, 2.45) is 0 Å². The van der Waals surface area contributed by atoms with E-state index in [0.717, 1.165) is 15.9 Å². The maximum Gasteiger partial charge on any atom is 0.126 e. The normalized spacial score (nSPS) is 10.3. The highest BCUT2D eigenvalue weighted by atomic mass is 79.9. The van der Waals surface area contributed by atoms with Gasteiger partial charge in [0.1, 0.15) is 10.4 Å². The van der Waals surface area contributed by atoms with Crippen LogP contribution in [0, 0.1) is 12.7 Å². The summed E-state index contributed by atoms with van der Waals surface area (Å²) in [4.78, 5) is 4.31. The second kappa shape index (κ2) is 4.11. The Bertz CT molecular complexity index is 497. The fraction of sp³-hybridized carbons (Fsp3) is 0.0833. The zero-order chi connectivity index (χ0) is 10.8. The predicted octanol–water partition coefficient (Wildman–Crippen LogP) is 3.96. The third kappa shape index (κ3) is 2.23. The number of nitrogens with zero attached hydrogens (tertiary/aromatic N) is 1. The fourth-order valence-electron chi connectivity index (χ4n) is 1.37. The number of rotatable bonds is 1. The van der Waals surface area contributed by atoms with Gasteiger partial charge in [0, 0.05) is 5.56 Å². The Morgan fingerprint density at radius 3 is 2.67 bits per heavy atom. The molecule has 0 N–H and O–H groups in total. The van der Waals surface area contributed by atoms with Gasteiger partial charge in [0.05, 0.1) is 5.69 Å². The first-order valence-corrected chi connectivity index (χ1v) is 5.35. The van der Waals surface area contributed by atoms with Gasteiger partial charge in [0.2, 0.25) is 0 Å². The minimum absolute atomic E-state index is 0.186. The van der Waals surface area contributed by atoms with E-state index in [-0.39, 0.29) is 5.82 Å². The molecule has 0 spiro atoms. The molecule has 76 valence electrons. The number of hydrogen-bond donors (Lipinski definition) is 0. The molecule has 0 atom stereocenters. The molecule has 0 aliphatic rings. The molecular weight excluding hydrogens is 257 g/mol. The van der Waals surface area contributed by atoms with Crippen molar-refractivity contribution in [3.8, 4) is 11.3 Å². The van der Waals surface area contributed by atoms with Crippen molar-refractivity contribution in [2.45, 2.75) is 6.92 Å². The molecule has 0 aliphatic heterocycles. The van der Waals surface area contributed by atoms with Gasteiger partial charge in [0.15, 0.2) is 0 Å². The van der Waals surface area contributed by atoms with Crippen LogP contribution >= 0.6 is 15.9 Å². The van der Waals surface area contributed by atoms with Gasteiger partial charge in [-0.2, -0.15) is 0 Å². The maximum absolute atomic E-state index is 13.1. The molecule has 3 heteroatoms. The summed E-state index contributed by atoms with van der Waals surface area (Å²) in [6.45, 7) is 1.75. The van der Waals surface area contributed by atoms with E-state index < -0.39 is 0 Å². The van der Waals surface area contributed by atoms with Gasteiger partial charge in [-0.1, -0.05) is 6.07 Å². The van der Waals surface area contributed by atoms with Crippen LogP contribution in [0.15, 0.2) is 41.0 Å². The van der Waals surface area contributed by atoms with Crippen LogP contribution < -0.4 is 0 Å². The lowest BCUT2D eigenvalue weighted by molar-refractivity contribution is 0.619. The van der Waals surface area contributed by atoms with Gasteiger partial charge >= 0.3 is 0 Å². The number of benzene rings is 1. The number of pyridine rings is 1. The minimum Gasteiger partial charge on any atom is -0.241 e. The standard InChI is InChI=1S/C12H9BrFN/c1-8-7-9(5-6-10(8)14)11-3-2-4-12(13)15-11/h2-7H,1H3. The van der Waals surface area contributed by atoms with E-state index in [1.807, 2.05) is 18.2 Å². The van der Waals surface area contributed by atoms with E-state index in [9.17, 15) is 4.39 Å². The molecule has 0 aliphatic carbocycles. The predicted molar refractivity (Wildman–Crippen MR) is 62.1 cm³/mol. The Labute approximate surface area is 96.1 Å². The lowest BCUT2D eigenvalue weighted by atomic mass is 10.1. The van der Waals surface area contributed by atoms with Gasteiger partial charge in [-0.15, -0.1) is 0 Å². The van der Waals surface area contributed by atoms with Crippen molar-refractivity contribution in [3.05, 3.63) is 52.4 Å². The summed E-state index contributed by atoms with van der Waals surface area (Å²) in [6, 6.07) is 10.7. The van der Waals surface area contributed by atoms with Crippen molar-refractivity contribution in [1.82, 2.24) is 4.98 Å². The molecule has 1 aromatic carbocycles. The van der Waals surface area contributed by atoms with Crippen LogP contribution in [-0.4, -0.2) is 4.98 Å². The molecule has 0 amide bonds. The summed E-state index contributed by atoms with van der Waals surface area (Å²) in [7, 11) is 0. The van der Waals surface area contributed by atoms with Crippen LogP contribution in [-0.2, 0) is 0 Å². The van der Waals surface area contributed by atoms with Crippen LogP contribution in [0.2, 0.25) is 0 Å². The lowest BCUT2D eigenvalue weighted by Gasteiger charge is -2.03. The smallest absolute Gasteiger partial charge is 0.126 e. The van der Waals surface area contributed by atoms with Gasteiger partial charge in [0.25, 0.3) is 0 Å². The van der Waals surface area contributed by atoms with Crippen molar-refractivity contribution in [3.63, 3.8) is 0 Å². The molecule has 2 rings (SSSR count). The number of aromatic nitrogens is 1. The molecule has 15 heavy (non-hydrogen) atoms. The Morgan fingerprint density at radius 2 is 2.00 bits per heavy atom. The average Bonchev–Trinajstić information content (AvgIpc) is 2.22. The molecule has 1 aromatic heterocycles. The minimum atomic E-state index is -0.186. The Kier molecular flexibility index (Phi) is 2.82. The van der Waals surface area contributed by atoms with Crippen LogP contribution in [0.1, 0.15) is 5.56 Å². The van der Waals surface area contributed by atoms with Gasteiger partial charge in [-0.25, -0.2) is 9.37 Å². The molecule has 0 saturated carbocycles. The number of halogens is 2. The Balaban J connectivity index is 2.50. The van der Waals surface area contributed by atoms with E-state index >= 15 is 0 Å². The Hall–Kier alpha value is -1.22. The summed E-state index contributed by atoms with van der Waals surface area (Å²) in [5, 5.41) is 0. The first-order chi connectivity index (χ1) is 7.16. The van der Waals surface area contributed by atoms with Gasteiger partial charge < -0.3 is 0 Å². The van der Waals surface area contributed by atoms with E-state index in [1.54, 1.807) is 19.1 Å². The van der Waals surface area contributed by atoms with E-state index in [0.29, 0.717) is 5.56 Å². The van der Waals surface area contributed by atoms with Gasteiger partial charge in [-0.05, 0) is 58.7 Å². The third-order valence-electron chi connectivity index (χ3n) is 2.17. The zero-order valence-electron chi connectivity index (χ0n) is 8.17. The lowest BCUT2D eigenvalue weighted by Crippen LogP contribution is -1.87. The van der Waals surface area contributed by atoms with Gasteiger partial charge in [-0.3, -0.25) is 0 Å². The SMILES string of the molecule is Cc1cc(-c2cccc(Br)n2)ccc1F. The average molecular weight is 266 g/mol. The third-order valence-corrected chi connectivity index (χ3v) is 2.61. The van der Waals surface area contributed by atoms with Crippen LogP contribution in [0.3, 0.4) is 0 Å². The molecule has 0 fully saturated rings. The van der Waals surface area contributed by atoms with E-state index in [4.69, 9.17) is 0 Å². The molecule has 0 unspecified atom stereocenters. The molecule has 0 saturated heterocycles. The van der Waals surface area contributed by atoms with E-state index in [2.05, 4.69) is 20.9 Å². The first kappa shape index (κ1) is 10.3. The first-order valence-electron chi connectivity index (χ1n) is 4.56. The summed E-state index contributed by atoms with van der Waals surface area (Å²) >= 11 is 3.31. The topological polar surface area (TPSA) is 12.9 Å². The highest BCUT2D eigenvalue weighted by Crippen LogP contribution is 2.21. The monoisotopic (exact) mass is 265 g/mol. The van der Waals surface area contributed by atoms with Crippen molar-refractivity contribution in [2.75, 3.05) is 0 Å². The fourth-order valence-corrected chi connectivity index (χ4v) is 1.72. The summed E-state index contributed by atoms with van der Waals surface area (Å²) in [5.74, 6) is -0.186. The van der Waals surface area contributed by atoms with Crippen molar-refractivity contribution >= 4 is 15.9 Å². The quantitative estimate of drug-likeness (QED) is 0.712. The van der Waals surface area contributed by atoms with Crippen LogP contribution in [0.4, 0.5) is 4.39 Å². The van der Waals surface area contributed by atoms with Crippen LogP contribution in [0.25, 0.3) is 11.3 Å². The molecule has 0 bridgehead atoms. The largest absolute Gasteiger partial charge is 0.241 e. The maximum atomic E-state index is 13.1. The highest BCUT2D eigenvalue weighted by molar-refractivity contribution is 9.10. The Morgan fingerprint density at radius 1 is 1.20 bits per heavy atom. The summed E-state index contributed by atoms with van der Waals surface area (Å²) < 4.78 is 13.8. The van der Waals surface area contributed by atoms with Crippen molar-refractivity contribution < 1.29 is 4.39 Å². The summed E-state index contributed by atoms with van der Waals surface area (Å²) in [6.07, 6.45) is 0. The van der Waals surface area contributed by atoms with Crippen LogP contribution in [0.5, 0.6) is 0 Å². The second-order valence-corrected chi connectivity index (χ2v) is 4.12. The number of aryl methyl sites for hydroxylation is 1. The molecule has 1 heterocycles. The summed E-state index contributed by atoms with van der Waals surface area (Å²) in [5.41, 5.74) is 2.40. The highest BCUT2D eigenvalue weighted by Gasteiger charge is 2.02. The molecular formula is C12H9BrFN. The number of hydrogen-bond acceptors (Lipinski definition) is 1.